The first kappa shape index (κ1) is 21.3. The largest absolute Gasteiger partial charge is 0.451 e. The van der Waals surface area contributed by atoms with Crippen molar-refractivity contribution in [2.24, 2.45) is 0 Å². The maximum Gasteiger partial charge on any atom is 0.287 e. The Bertz CT molecular complexity index is 697. The number of para-hydroxylation sites is 1. The number of nitrogens with zero attached hydrogens (tertiary/aromatic N) is 1. The van der Waals surface area contributed by atoms with E-state index < -0.39 is 0 Å². The van der Waals surface area contributed by atoms with Gasteiger partial charge in [-0.05, 0) is 31.9 Å². The van der Waals surface area contributed by atoms with Crippen LogP contribution in [0.5, 0.6) is 5.75 Å². The Morgan fingerprint density at radius 3 is 2.41 bits per heavy atom. The quantitative estimate of drug-likeness (QED) is 0.800. The van der Waals surface area contributed by atoms with E-state index in [0.29, 0.717) is 31.0 Å². The Labute approximate surface area is 167 Å². The number of hydrogen-bond donors (Lipinski definition) is 1. The minimum Gasteiger partial charge on any atom is -0.451 e. The van der Waals surface area contributed by atoms with Crippen LogP contribution >= 0.6 is 12.4 Å². The first-order valence-corrected chi connectivity index (χ1v) is 9.66. The van der Waals surface area contributed by atoms with Crippen molar-refractivity contribution >= 4 is 24.2 Å². The fraction of sp³-hybridized carbons (Fsp3) is 0.524. The van der Waals surface area contributed by atoms with Gasteiger partial charge < -0.3 is 15.0 Å². The standard InChI is InChI=1S/C21H28N2O3.ClH/c1-3-18(24)23(4-2)15-17-19(26-16-11-7-5-8-12-16)20(25)22-21(17)13-9-6-10-14-21;/h5,7-8,11-12H,3-4,6,9-10,13-15H2,1-2H3,(H,22,25);1H. The smallest absolute Gasteiger partial charge is 0.287 e. The molecule has 1 saturated carbocycles. The molecule has 6 heteroatoms. The zero-order valence-corrected chi connectivity index (χ0v) is 16.9. The number of carbonyl (C=O) groups excluding carboxylic acids is 2. The summed E-state index contributed by atoms with van der Waals surface area (Å²) in [6.07, 6.45) is 5.63. The molecule has 27 heavy (non-hydrogen) atoms. The number of ether oxygens (including phenoxy) is 1. The van der Waals surface area contributed by atoms with Gasteiger partial charge in [0.1, 0.15) is 5.75 Å². The van der Waals surface area contributed by atoms with Gasteiger partial charge in [0.15, 0.2) is 5.76 Å². The second kappa shape index (κ2) is 9.27. The fourth-order valence-electron chi connectivity index (χ4n) is 4.01. The third kappa shape index (κ3) is 4.46. The van der Waals surface area contributed by atoms with Crippen LogP contribution in [0.4, 0.5) is 0 Å². The molecule has 1 fully saturated rings. The highest BCUT2D eigenvalue weighted by atomic mass is 35.5. The molecule has 1 N–H and O–H groups in total. The topological polar surface area (TPSA) is 58.6 Å². The maximum absolute atomic E-state index is 12.8. The summed E-state index contributed by atoms with van der Waals surface area (Å²) in [5, 5.41) is 3.20. The van der Waals surface area contributed by atoms with Gasteiger partial charge in [0.2, 0.25) is 5.91 Å². The van der Waals surface area contributed by atoms with Crippen molar-refractivity contribution in [3.63, 3.8) is 0 Å². The molecule has 3 rings (SSSR count). The molecule has 1 aliphatic heterocycles. The first-order chi connectivity index (χ1) is 12.6. The van der Waals surface area contributed by atoms with Crippen molar-refractivity contribution in [1.29, 1.82) is 0 Å². The molecule has 0 aromatic heterocycles. The molecular formula is C21H29ClN2O3. The lowest BCUT2D eigenvalue weighted by Gasteiger charge is -2.37. The van der Waals surface area contributed by atoms with Crippen molar-refractivity contribution in [3.05, 3.63) is 41.7 Å². The Morgan fingerprint density at radius 2 is 1.81 bits per heavy atom. The van der Waals surface area contributed by atoms with Crippen molar-refractivity contribution in [3.8, 4) is 5.75 Å². The number of benzene rings is 1. The monoisotopic (exact) mass is 392 g/mol. The lowest BCUT2D eigenvalue weighted by atomic mass is 9.77. The lowest BCUT2D eigenvalue weighted by Crippen LogP contribution is -2.48. The molecule has 2 aliphatic rings. The molecule has 1 aromatic rings. The van der Waals surface area contributed by atoms with Gasteiger partial charge in [-0.3, -0.25) is 9.59 Å². The van der Waals surface area contributed by atoms with E-state index in [0.717, 1.165) is 31.3 Å². The molecule has 5 nitrogen and oxygen atoms in total. The molecule has 0 saturated heterocycles. The molecule has 0 unspecified atom stereocenters. The average molecular weight is 393 g/mol. The number of rotatable bonds is 6. The maximum atomic E-state index is 12.8. The van der Waals surface area contributed by atoms with Gasteiger partial charge >= 0.3 is 0 Å². The number of amides is 2. The van der Waals surface area contributed by atoms with Crippen LogP contribution in [0.25, 0.3) is 0 Å². The van der Waals surface area contributed by atoms with E-state index in [-0.39, 0.29) is 29.8 Å². The first-order valence-electron chi connectivity index (χ1n) is 9.66. The fourth-order valence-corrected chi connectivity index (χ4v) is 4.01. The summed E-state index contributed by atoms with van der Waals surface area (Å²) in [6, 6.07) is 9.38. The Kier molecular flexibility index (Phi) is 7.31. The van der Waals surface area contributed by atoms with Crippen LogP contribution in [0.1, 0.15) is 52.4 Å². The highest BCUT2D eigenvalue weighted by molar-refractivity contribution is 5.97. The molecule has 1 aliphatic carbocycles. The Hall–Kier alpha value is -2.01. The third-order valence-electron chi connectivity index (χ3n) is 5.47. The van der Waals surface area contributed by atoms with E-state index in [2.05, 4.69) is 5.32 Å². The predicted molar refractivity (Wildman–Crippen MR) is 108 cm³/mol. The molecule has 0 atom stereocenters. The second-order valence-electron chi connectivity index (χ2n) is 7.08. The van der Waals surface area contributed by atoms with Crippen molar-refractivity contribution < 1.29 is 14.3 Å². The SMILES string of the molecule is CCC(=O)N(CC)CC1=C(Oc2ccccc2)C(=O)NC12CCCCC2.Cl. The summed E-state index contributed by atoms with van der Waals surface area (Å²) >= 11 is 0. The number of halogens is 1. The van der Waals surface area contributed by atoms with Gasteiger partial charge in [-0.1, -0.05) is 44.4 Å². The van der Waals surface area contributed by atoms with E-state index in [1.165, 1.54) is 6.42 Å². The zero-order valence-electron chi connectivity index (χ0n) is 16.1. The number of hydrogen-bond acceptors (Lipinski definition) is 3. The van der Waals surface area contributed by atoms with Crippen molar-refractivity contribution in [1.82, 2.24) is 10.2 Å². The number of nitrogens with one attached hydrogen (secondary N) is 1. The Balaban J connectivity index is 0.00000261. The summed E-state index contributed by atoms with van der Waals surface area (Å²) in [4.78, 5) is 26.9. The summed E-state index contributed by atoms with van der Waals surface area (Å²) in [6.45, 7) is 4.92. The van der Waals surface area contributed by atoms with Crippen LogP contribution in [-0.4, -0.2) is 35.3 Å². The van der Waals surface area contributed by atoms with Crippen LogP contribution in [0.15, 0.2) is 41.7 Å². The highest BCUT2D eigenvalue weighted by Crippen LogP contribution is 2.40. The normalized spacial score (nSPS) is 18.1. The van der Waals surface area contributed by atoms with E-state index in [9.17, 15) is 9.59 Å². The Morgan fingerprint density at radius 1 is 1.15 bits per heavy atom. The van der Waals surface area contributed by atoms with Crippen LogP contribution < -0.4 is 10.1 Å². The van der Waals surface area contributed by atoms with Crippen molar-refractivity contribution in [2.75, 3.05) is 13.1 Å². The van der Waals surface area contributed by atoms with E-state index in [1.54, 1.807) is 0 Å². The molecular weight excluding hydrogens is 364 g/mol. The minimum absolute atomic E-state index is 0. The van der Waals surface area contributed by atoms with Gasteiger partial charge in [-0.25, -0.2) is 0 Å². The van der Waals surface area contributed by atoms with E-state index in [1.807, 2.05) is 49.1 Å². The molecule has 0 bridgehead atoms. The molecule has 2 amide bonds. The van der Waals surface area contributed by atoms with Crippen molar-refractivity contribution in [2.45, 2.75) is 57.9 Å². The molecule has 0 radical (unpaired) electrons. The summed E-state index contributed by atoms with van der Waals surface area (Å²) < 4.78 is 6.02. The second-order valence-corrected chi connectivity index (χ2v) is 7.08. The molecule has 1 aromatic carbocycles. The van der Waals surface area contributed by atoms with Crippen LogP contribution in [0.2, 0.25) is 0 Å². The zero-order chi connectivity index (χ0) is 18.6. The lowest BCUT2D eigenvalue weighted by molar-refractivity contribution is -0.130. The van der Waals surface area contributed by atoms with Gasteiger partial charge in [0.25, 0.3) is 5.91 Å². The van der Waals surface area contributed by atoms with Gasteiger partial charge in [0, 0.05) is 25.1 Å². The number of carbonyl (C=O) groups is 2. The van der Waals surface area contributed by atoms with Gasteiger partial charge in [0.05, 0.1) is 5.54 Å². The predicted octanol–water partition coefficient (Wildman–Crippen LogP) is 3.83. The molecule has 1 spiro atoms. The van der Waals surface area contributed by atoms with Gasteiger partial charge in [-0.2, -0.15) is 0 Å². The third-order valence-corrected chi connectivity index (χ3v) is 5.47. The van der Waals surface area contributed by atoms with E-state index in [4.69, 9.17) is 4.74 Å². The average Bonchev–Trinajstić information content (AvgIpc) is 2.91. The van der Waals surface area contributed by atoms with Gasteiger partial charge in [-0.15, -0.1) is 12.4 Å². The van der Waals surface area contributed by atoms with Crippen LogP contribution in [0, 0.1) is 0 Å². The molecule has 148 valence electrons. The summed E-state index contributed by atoms with van der Waals surface area (Å²) in [7, 11) is 0. The van der Waals surface area contributed by atoms with Crippen LogP contribution in [0.3, 0.4) is 0 Å². The van der Waals surface area contributed by atoms with Crippen LogP contribution in [-0.2, 0) is 9.59 Å². The summed E-state index contributed by atoms with van der Waals surface area (Å²) in [5.41, 5.74) is 0.579. The van der Waals surface area contributed by atoms with E-state index >= 15 is 0 Å². The molecule has 1 heterocycles. The summed E-state index contributed by atoms with van der Waals surface area (Å²) in [5.74, 6) is 0.962. The number of likely N-dealkylation sites (N-methyl/N-ethyl adjacent to an activating group) is 1. The minimum atomic E-state index is -0.360. The highest BCUT2D eigenvalue weighted by Gasteiger charge is 2.47.